The Morgan fingerprint density at radius 2 is 2.06 bits per heavy atom. The summed E-state index contributed by atoms with van der Waals surface area (Å²) in [5, 5.41) is 3.83. The highest BCUT2D eigenvalue weighted by Gasteiger charge is 2.53. The third-order valence-electron chi connectivity index (χ3n) is 7.15. The molecular formula is C27H32ClN5O3. The van der Waals surface area contributed by atoms with Crippen molar-refractivity contribution in [2.45, 2.75) is 70.2 Å². The fourth-order valence-corrected chi connectivity index (χ4v) is 5.68. The van der Waals surface area contributed by atoms with Gasteiger partial charge in [0.15, 0.2) is 5.96 Å². The number of nitrogens with two attached hydrogens (primary N) is 1. The molecule has 5 rings (SSSR count). The Bertz CT molecular complexity index is 1230. The number of fused-ring (bicyclic) bond motifs is 1. The zero-order valence-corrected chi connectivity index (χ0v) is 21.7. The normalized spacial score (nSPS) is 26.8. The second-order valence-corrected chi connectivity index (χ2v) is 11.7. The molecule has 2 aromatic rings. The third-order valence-corrected chi connectivity index (χ3v) is 7.39. The van der Waals surface area contributed by atoms with Crippen molar-refractivity contribution in [2.24, 2.45) is 22.6 Å². The van der Waals surface area contributed by atoms with Crippen LogP contribution >= 0.6 is 11.6 Å². The van der Waals surface area contributed by atoms with Crippen LogP contribution in [0.1, 0.15) is 70.2 Å². The van der Waals surface area contributed by atoms with Gasteiger partial charge in [-0.1, -0.05) is 23.7 Å². The standard InChI is InChI=1S/C27H32ClN5O3/c1-26(2)13-22(34)33(25(29)32-26)23(15-6-5-9-30-14-15)18-11-19(18)24(35)31-20-12-27(3,4)36-21-10-16(28)7-8-17(20)21/h5-10,14,18-20,23H,11-13H2,1-4H3,(H2,29,32)(H,31,35)/t18-,19?,20-,23+/m0/s1. The van der Waals surface area contributed by atoms with Crippen molar-refractivity contribution < 1.29 is 14.3 Å². The minimum absolute atomic E-state index is 0.0437. The molecule has 190 valence electrons. The van der Waals surface area contributed by atoms with Gasteiger partial charge in [0, 0.05) is 35.3 Å². The van der Waals surface area contributed by atoms with Gasteiger partial charge < -0.3 is 15.8 Å². The van der Waals surface area contributed by atoms with Gasteiger partial charge in [0.25, 0.3) is 0 Å². The molecule has 2 amide bonds. The maximum atomic E-state index is 13.5. The molecule has 1 aromatic heterocycles. The monoisotopic (exact) mass is 509 g/mol. The van der Waals surface area contributed by atoms with Crippen LogP contribution in [0.5, 0.6) is 5.75 Å². The SMILES string of the molecule is CC1(C)CC(=O)N([C@H](c2cccnc2)[C@H]2CC2C(=O)N[C@H]2CC(C)(C)Oc3cc(Cl)ccc32)C(N)=N1. The molecule has 0 saturated heterocycles. The predicted molar refractivity (Wildman–Crippen MR) is 137 cm³/mol. The van der Waals surface area contributed by atoms with Gasteiger partial charge in [-0.05, 0) is 63.8 Å². The molecule has 9 heteroatoms. The van der Waals surface area contributed by atoms with Gasteiger partial charge in [-0.3, -0.25) is 19.5 Å². The number of benzene rings is 1. The smallest absolute Gasteiger partial charge is 0.232 e. The predicted octanol–water partition coefficient (Wildman–Crippen LogP) is 4.16. The Balaban J connectivity index is 1.39. The van der Waals surface area contributed by atoms with E-state index in [1.54, 1.807) is 23.4 Å². The van der Waals surface area contributed by atoms with E-state index in [2.05, 4.69) is 15.3 Å². The molecule has 1 aliphatic carbocycles. The van der Waals surface area contributed by atoms with Crippen LogP contribution < -0.4 is 15.8 Å². The quantitative estimate of drug-likeness (QED) is 0.629. The van der Waals surface area contributed by atoms with Crippen molar-refractivity contribution >= 4 is 29.4 Å². The average Bonchev–Trinajstić information content (AvgIpc) is 3.55. The Morgan fingerprint density at radius 3 is 2.75 bits per heavy atom. The maximum Gasteiger partial charge on any atom is 0.232 e. The van der Waals surface area contributed by atoms with Crippen molar-refractivity contribution in [3.05, 3.63) is 58.9 Å². The highest BCUT2D eigenvalue weighted by Crippen LogP contribution is 2.51. The van der Waals surface area contributed by atoms with Gasteiger partial charge in [0.2, 0.25) is 11.8 Å². The lowest BCUT2D eigenvalue weighted by Gasteiger charge is -2.38. The van der Waals surface area contributed by atoms with Crippen LogP contribution in [-0.2, 0) is 9.59 Å². The molecule has 0 spiro atoms. The van der Waals surface area contributed by atoms with Crippen molar-refractivity contribution in [3.63, 3.8) is 0 Å². The van der Waals surface area contributed by atoms with E-state index in [-0.39, 0.29) is 42.1 Å². The topological polar surface area (TPSA) is 110 Å². The first-order chi connectivity index (χ1) is 16.9. The second kappa shape index (κ2) is 8.76. The second-order valence-electron chi connectivity index (χ2n) is 11.3. The number of rotatable bonds is 5. The van der Waals surface area contributed by atoms with Crippen LogP contribution in [-0.4, -0.2) is 38.8 Å². The van der Waals surface area contributed by atoms with E-state index >= 15 is 0 Å². The number of hydrogen-bond donors (Lipinski definition) is 2. The summed E-state index contributed by atoms with van der Waals surface area (Å²) in [6.45, 7) is 7.78. The molecule has 8 nitrogen and oxygen atoms in total. The molecule has 0 bridgehead atoms. The summed E-state index contributed by atoms with van der Waals surface area (Å²) in [4.78, 5) is 37.1. The van der Waals surface area contributed by atoms with Gasteiger partial charge in [-0.15, -0.1) is 0 Å². The number of nitrogens with zero attached hydrogens (tertiary/aromatic N) is 3. The van der Waals surface area contributed by atoms with Crippen molar-refractivity contribution in [1.29, 1.82) is 0 Å². The lowest BCUT2D eigenvalue weighted by molar-refractivity contribution is -0.132. The number of carbonyl (C=O) groups excluding carboxylic acids is 2. The Hall–Kier alpha value is -3.13. The molecule has 1 saturated carbocycles. The van der Waals surface area contributed by atoms with Crippen LogP contribution in [0.3, 0.4) is 0 Å². The molecule has 2 aliphatic heterocycles. The number of carbonyl (C=O) groups is 2. The minimum atomic E-state index is -0.552. The van der Waals surface area contributed by atoms with Gasteiger partial charge in [-0.2, -0.15) is 0 Å². The highest BCUT2D eigenvalue weighted by molar-refractivity contribution is 6.30. The molecule has 36 heavy (non-hydrogen) atoms. The first-order valence-corrected chi connectivity index (χ1v) is 12.7. The largest absolute Gasteiger partial charge is 0.487 e. The van der Waals surface area contributed by atoms with E-state index in [0.29, 0.717) is 23.6 Å². The molecule has 3 aliphatic rings. The van der Waals surface area contributed by atoms with Crippen LogP contribution in [0, 0.1) is 11.8 Å². The van der Waals surface area contributed by atoms with E-state index in [4.69, 9.17) is 22.1 Å². The summed E-state index contributed by atoms with van der Waals surface area (Å²) >= 11 is 6.19. The van der Waals surface area contributed by atoms with Crippen LogP contribution in [0.25, 0.3) is 0 Å². The summed E-state index contributed by atoms with van der Waals surface area (Å²) in [5.74, 6) is 0.392. The summed E-state index contributed by atoms with van der Waals surface area (Å²) in [7, 11) is 0. The Kier molecular flexibility index (Phi) is 5.98. The molecular weight excluding hydrogens is 478 g/mol. The number of aromatic nitrogens is 1. The number of amides is 2. The first-order valence-electron chi connectivity index (χ1n) is 12.3. The number of halogens is 1. The molecule has 4 atom stereocenters. The average molecular weight is 510 g/mol. The number of hydrogen-bond acceptors (Lipinski definition) is 6. The molecule has 1 fully saturated rings. The van der Waals surface area contributed by atoms with Crippen molar-refractivity contribution in [1.82, 2.24) is 15.2 Å². The zero-order chi connectivity index (χ0) is 25.8. The first kappa shape index (κ1) is 24.6. The molecule has 0 radical (unpaired) electrons. The highest BCUT2D eigenvalue weighted by atomic mass is 35.5. The number of pyridine rings is 1. The van der Waals surface area contributed by atoms with Crippen molar-refractivity contribution in [3.8, 4) is 5.75 Å². The lowest BCUT2D eigenvalue weighted by Crippen LogP contribution is -2.52. The third kappa shape index (κ3) is 4.78. The van der Waals surface area contributed by atoms with Crippen LogP contribution in [0.4, 0.5) is 0 Å². The molecule has 3 N–H and O–H groups in total. The van der Waals surface area contributed by atoms with Gasteiger partial charge in [0.05, 0.1) is 24.0 Å². The fraction of sp³-hybridized carbons (Fsp3) is 0.481. The van der Waals surface area contributed by atoms with Gasteiger partial charge in [0.1, 0.15) is 11.4 Å². The van der Waals surface area contributed by atoms with Gasteiger partial charge in [-0.25, -0.2) is 4.99 Å². The van der Waals surface area contributed by atoms with E-state index < -0.39 is 17.2 Å². The Labute approximate surface area is 216 Å². The van der Waals surface area contributed by atoms with Gasteiger partial charge >= 0.3 is 0 Å². The molecule has 1 unspecified atom stereocenters. The number of aliphatic imine (C=N–C) groups is 1. The number of ether oxygens (including phenoxy) is 1. The summed E-state index contributed by atoms with van der Waals surface area (Å²) in [6, 6.07) is 8.66. The lowest BCUT2D eigenvalue weighted by atomic mass is 9.89. The molecule has 1 aromatic carbocycles. The molecule has 3 heterocycles. The number of guanidine groups is 1. The van der Waals surface area contributed by atoms with Crippen LogP contribution in [0.2, 0.25) is 5.02 Å². The Morgan fingerprint density at radius 1 is 1.28 bits per heavy atom. The number of nitrogens with one attached hydrogen (secondary N) is 1. The summed E-state index contributed by atoms with van der Waals surface area (Å²) in [6.07, 6.45) is 4.96. The summed E-state index contributed by atoms with van der Waals surface area (Å²) in [5.41, 5.74) is 7.08. The fourth-order valence-electron chi connectivity index (χ4n) is 5.52. The zero-order valence-electron chi connectivity index (χ0n) is 21.0. The van der Waals surface area contributed by atoms with E-state index in [0.717, 1.165) is 11.1 Å². The minimum Gasteiger partial charge on any atom is -0.487 e. The van der Waals surface area contributed by atoms with E-state index in [9.17, 15) is 9.59 Å². The maximum absolute atomic E-state index is 13.5. The van der Waals surface area contributed by atoms with E-state index in [1.807, 2.05) is 52.0 Å². The summed E-state index contributed by atoms with van der Waals surface area (Å²) < 4.78 is 6.11. The van der Waals surface area contributed by atoms with Crippen molar-refractivity contribution in [2.75, 3.05) is 0 Å². The van der Waals surface area contributed by atoms with Crippen LogP contribution in [0.15, 0.2) is 47.7 Å². The van der Waals surface area contributed by atoms with E-state index in [1.165, 1.54) is 0 Å².